The van der Waals surface area contributed by atoms with Gasteiger partial charge in [-0.3, -0.25) is 14.4 Å². The molecule has 12 nitrogen and oxygen atoms in total. The third-order valence-electron chi connectivity index (χ3n) is 5.07. The summed E-state index contributed by atoms with van der Waals surface area (Å²) in [5, 5.41) is 11.2. The van der Waals surface area contributed by atoms with Crippen molar-refractivity contribution in [2.24, 2.45) is 5.73 Å². The van der Waals surface area contributed by atoms with Gasteiger partial charge in [0, 0.05) is 11.6 Å². The fourth-order valence-electron chi connectivity index (χ4n) is 3.42. The predicted octanol–water partition coefficient (Wildman–Crippen LogP) is 1.15. The van der Waals surface area contributed by atoms with Crippen LogP contribution < -0.4 is 34.7 Å². The van der Waals surface area contributed by atoms with Crippen molar-refractivity contribution in [1.29, 1.82) is 0 Å². The van der Waals surface area contributed by atoms with Crippen LogP contribution in [0.2, 0.25) is 0 Å². The van der Waals surface area contributed by atoms with E-state index in [-0.39, 0.29) is 28.6 Å². The van der Waals surface area contributed by atoms with Crippen molar-refractivity contribution in [3.05, 3.63) is 47.2 Å². The number of hydrogen-bond acceptors (Lipinski definition) is 9. The number of benzene rings is 2. The number of fused-ring (bicyclic) bond motifs is 1. The van der Waals surface area contributed by atoms with E-state index in [2.05, 4.69) is 5.32 Å². The van der Waals surface area contributed by atoms with Gasteiger partial charge in [0.15, 0.2) is 23.9 Å². The third-order valence-corrected chi connectivity index (χ3v) is 5.07. The first-order valence-corrected chi connectivity index (χ1v) is 10.5. The Labute approximate surface area is 205 Å². The molecule has 0 spiro atoms. The highest BCUT2D eigenvalue weighted by Crippen LogP contribution is 2.42. The summed E-state index contributed by atoms with van der Waals surface area (Å²) in [5.41, 5.74) is 5.79. The number of carboxylic acids is 1. The van der Waals surface area contributed by atoms with E-state index in [1.807, 2.05) is 0 Å². The fraction of sp³-hybridized carbons (Fsp3) is 0.250. The molecule has 0 radical (unpaired) electrons. The minimum atomic E-state index is -1.47. The molecule has 2 amide bonds. The molecule has 2 aromatic rings. The van der Waals surface area contributed by atoms with Crippen LogP contribution in [0.1, 0.15) is 22.3 Å². The van der Waals surface area contributed by atoms with Crippen molar-refractivity contribution in [1.82, 2.24) is 5.32 Å². The number of nitrogens with two attached hydrogens (primary N) is 1. The zero-order valence-corrected chi connectivity index (χ0v) is 19.7. The molecule has 1 atom stereocenters. The second-order valence-electron chi connectivity index (χ2n) is 7.44. The highest BCUT2D eigenvalue weighted by Gasteiger charge is 2.29. The Morgan fingerprint density at radius 3 is 2.42 bits per heavy atom. The molecule has 0 aromatic heterocycles. The van der Waals surface area contributed by atoms with Gasteiger partial charge in [-0.1, -0.05) is 0 Å². The number of carbonyl (C=O) groups excluding carboxylic acids is 3. The molecule has 0 unspecified atom stereocenters. The van der Waals surface area contributed by atoms with Gasteiger partial charge in [0.05, 0.1) is 33.3 Å². The van der Waals surface area contributed by atoms with E-state index in [4.69, 9.17) is 34.5 Å². The Morgan fingerprint density at radius 2 is 1.81 bits per heavy atom. The molecule has 1 aliphatic rings. The Bertz CT molecular complexity index is 1240. The van der Waals surface area contributed by atoms with Crippen molar-refractivity contribution in [3.8, 4) is 28.7 Å². The van der Waals surface area contributed by atoms with E-state index in [1.54, 1.807) is 12.1 Å². The summed E-state index contributed by atoms with van der Waals surface area (Å²) in [5.74, 6) is -1.84. The maximum atomic E-state index is 12.8. The summed E-state index contributed by atoms with van der Waals surface area (Å²) >= 11 is 0. The zero-order chi connectivity index (χ0) is 26.4. The van der Waals surface area contributed by atoms with E-state index in [0.29, 0.717) is 22.8 Å². The highest BCUT2D eigenvalue weighted by atomic mass is 16.5. The van der Waals surface area contributed by atoms with Gasteiger partial charge in [0.2, 0.25) is 17.4 Å². The van der Waals surface area contributed by atoms with E-state index in [0.717, 1.165) is 0 Å². The average molecular weight is 500 g/mol. The van der Waals surface area contributed by atoms with Gasteiger partial charge in [-0.15, -0.1) is 0 Å². The van der Waals surface area contributed by atoms with Gasteiger partial charge in [-0.25, -0.2) is 4.79 Å². The van der Waals surface area contributed by atoms with Crippen molar-refractivity contribution in [2.75, 3.05) is 27.9 Å². The number of amides is 2. The monoisotopic (exact) mass is 500 g/mol. The second kappa shape index (κ2) is 11.1. The standard InChI is InChI=1S/C24H24N2O10/c1-32-16-7-4-12(22(33-2)23(16)34-3)8-18-21(29)14-6-5-13(9-17(14)36-18)35-11-20(28)26-15(24(30)31)10-19(25)27/h4-9,15H,10-11H2,1-3H3,(H2,25,27)(H,26,28)(H,30,31)/t15-/m1/s1. The number of rotatable bonds is 11. The molecule has 1 aliphatic heterocycles. The number of hydrogen-bond donors (Lipinski definition) is 3. The van der Waals surface area contributed by atoms with Gasteiger partial charge in [-0.05, 0) is 30.3 Å². The molecule has 0 saturated heterocycles. The number of allylic oxidation sites excluding steroid dienone is 1. The summed E-state index contributed by atoms with van der Waals surface area (Å²) in [7, 11) is 4.41. The SMILES string of the molecule is COc1ccc(C=C2Oc3cc(OCC(=O)N[C@H](CC(N)=O)C(=O)O)ccc3C2=O)c(OC)c1OC. The fourth-order valence-corrected chi connectivity index (χ4v) is 3.42. The maximum Gasteiger partial charge on any atom is 0.326 e. The van der Waals surface area contributed by atoms with Gasteiger partial charge in [0.25, 0.3) is 5.91 Å². The Kier molecular flexibility index (Phi) is 8.00. The molecule has 0 aliphatic carbocycles. The normalized spacial score (nSPS) is 13.9. The lowest BCUT2D eigenvalue weighted by Crippen LogP contribution is -2.45. The summed E-state index contributed by atoms with van der Waals surface area (Å²) in [4.78, 5) is 47.0. The summed E-state index contributed by atoms with van der Waals surface area (Å²) in [6.45, 7) is -0.541. The average Bonchev–Trinajstić information content (AvgIpc) is 3.15. The first-order chi connectivity index (χ1) is 17.2. The van der Waals surface area contributed by atoms with Crippen molar-refractivity contribution < 1.29 is 48.0 Å². The molecule has 1 heterocycles. The molecule has 0 bridgehead atoms. The smallest absolute Gasteiger partial charge is 0.326 e. The quantitative estimate of drug-likeness (QED) is 0.380. The molecule has 0 saturated carbocycles. The molecule has 190 valence electrons. The van der Waals surface area contributed by atoms with Crippen LogP contribution in [0.5, 0.6) is 28.7 Å². The van der Waals surface area contributed by atoms with Crippen molar-refractivity contribution in [2.45, 2.75) is 12.5 Å². The van der Waals surface area contributed by atoms with Crippen molar-refractivity contribution >= 4 is 29.6 Å². The number of carbonyl (C=O) groups is 4. The molecular weight excluding hydrogens is 476 g/mol. The molecule has 4 N–H and O–H groups in total. The third kappa shape index (κ3) is 5.66. The van der Waals surface area contributed by atoms with Crippen LogP contribution in [0.25, 0.3) is 6.08 Å². The van der Waals surface area contributed by atoms with Crippen LogP contribution in [0, 0.1) is 0 Å². The van der Waals surface area contributed by atoms with E-state index >= 15 is 0 Å². The molecule has 2 aromatic carbocycles. The number of nitrogens with one attached hydrogen (secondary N) is 1. The number of carboxylic acid groups (broad SMARTS) is 1. The predicted molar refractivity (Wildman–Crippen MR) is 124 cm³/mol. The summed E-state index contributed by atoms with van der Waals surface area (Å²) in [6.07, 6.45) is 0.942. The first-order valence-electron chi connectivity index (χ1n) is 10.5. The van der Waals surface area contributed by atoms with Crippen LogP contribution in [0.4, 0.5) is 0 Å². The van der Waals surface area contributed by atoms with Crippen LogP contribution in [-0.4, -0.2) is 62.7 Å². The lowest BCUT2D eigenvalue weighted by atomic mass is 10.1. The minimum absolute atomic E-state index is 0.0289. The first kappa shape index (κ1) is 25.9. The number of methoxy groups -OCH3 is 3. The van der Waals surface area contributed by atoms with Crippen LogP contribution >= 0.6 is 0 Å². The Hall–Kier alpha value is -4.74. The number of Topliss-reactive ketones (excluding diaryl/α,β-unsaturated/α-hetero) is 1. The lowest BCUT2D eigenvalue weighted by Gasteiger charge is -2.14. The Morgan fingerprint density at radius 1 is 1.08 bits per heavy atom. The maximum absolute atomic E-state index is 12.8. The largest absolute Gasteiger partial charge is 0.493 e. The number of ether oxygens (including phenoxy) is 5. The number of ketones is 1. The highest BCUT2D eigenvalue weighted by molar-refractivity contribution is 6.14. The van der Waals surface area contributed by atoms with Crippen LogP contribution in [-0.2, 0) is 14.4 Å². The second-order valence-corrected chi connectivity index (χ2v) is 7.44. The molecular formula is C24H24N2O10. The van der Waals surface area contributed by atoms with Gasteiger partial charge in [-0.2, -0.15) is 0 Å². The van der Waals surface area contributed by atoms with Gasteiger partial charge >= 0.3 is 5.97 Å². The number of primary amides is 1. The zero-order valence-electron chi connectivity index (χ0n) is 19.7. The molecule has 36 heavy (non-hydrogen) atoms. The van der Waals surface area contributed by atoms with Crippen molar-refractivity contribution in [3.63, 3.8) is 0 Å². The van der Waals surface area contributed by atoms with Gasteiger partial charge in [0.1, 0.15) is 17.5 Å². The minimum Gasteiger partial charge on any atom is -0.493 e. The van der Waals surface area contributed by atoms with E-state index in [1.165, 1.54) is 45.6 Å². The molecule has 12 heteroatoms. The summed E-state index contributed by atoms with van der Waals surface area (Å²) < 4.78 is 27.1. The van der Waals surface area contributed by atoms with E-state index < -0.39 is 36.9 Å². The topological polar surface area (TPSA) is 173 Å². The number of aliphatic carboxylic acids is 1. The Balaban J connectivity index is 1.74. The van der Waals surface area contributed by atoms with Crippen LogP contribution in [0.15, 0.2) is 36.1 Å². The van der Waals surface area contributed by atoms with Gasteiger partial charge < -0.3 is 39.8 Å². The molecule has 0 fully saturated rings. The summed E-state index contributed by atoms with van der Waals surface area (Å²) in [6, 6.07) is 6.24. The van der Waals surface area contributed by atoms with Crippen LogP contribution in [0.3, 0.4) is 0 Å². The van der Waals surface area contributed by atoms with E-state index in [9.17, 15) is 19.2 Å². The molecule has 3 rings (SSSR count). The lowest BCUT2D eigenvalue weighted by molar-refractivity contribution is -0.143.